The number of rotatable bonds is 6. The first-order chi connectivity index (χ1) is 12.6. The summed E-state index contributed by atoms with van der Waals surface area (Å²) in [6.07, 6.45) is 1.70. The van der Waals surface area contributed by atoms with Crippen LogP contribution in [0.5, 0.6) is 5.75 Å². The molecule has 5 heteroatoms. The lowest BCUT2D eigenvalue weighted by Gasteiger charge is -2.14. The van der Waals surface area contributed by atoms with Crippen LogP contribution < -0.4 is 10.1 Å². The van der Waals surface area contributed by atoms with Gasteiger partial charge in [0.1, 0.15) is 18.2 Å². The Bertz CT molecular complexity index is 867. The Kier molecular flexibility index (Phi) is 5.59. The predicted octanol–water partition coefficient (Wildman–Crippen LogP) is 4.29. The molecule has 132 valence electrons. The number of carbonyl (C=O) groups excluding carboxylic acids is 1. The molecule has 0 saturated carbocycles. The third-order valence-corrected chi connectivity index (χ3v) is 3.89. The van der Waals surface area contributed by atoms with E-state index in [0.717, 1.165) is 11.3 Å². The number of nitrogens with zero attached hydrogens (tertiary/aromatic N) is 1. The topological polar surface area (TPSA) is 51.2 Å². The summed E-state index contributed by atoms with van der Waals surface area (Å²) in [7, 11) is 0. The second-order valence-electron chi connectivity index (χ2n) is 5.89. The minimum Gasteiger partial charge on any atom is -0.489 e. The van der Waals surface area contributed by atoms with Crippen LogP contribution in [0.1, 0.15) is 34.6 Å². The van der Waals surface area contributed by atoms with E-state index in [4.69, 9.17) is 4.74 Å². The number of halogens is 1. The summed E-state index contributed by atoms with van der Waals surface area (Å²) in [5.41, 5.74) is 2.15. The van der Waals surface area contributed by atoms with E-state index in [-0.39, 0.29) is 17.8 Å². The number of hydrogen-bond donors (Lipinski definition) is 1. The molecule has 1 atom stereocenters. The van der Waals surface area contributed by atoms with Gasteiger partial charge in [0.25, 0.3) is 5.91 Å². The summed E-state index contributed by atoms with van der Waals surface area (Å²) in [6, 6.07) is 18.5. The van der Waals surface area contributed by atoms with Crippen LogP contribution in [0.15, 0.2) is 72.9 Å². The molecule has 1 aromatic heterocycles. The first-order valence-electron chi connectivity index (χ1n) is 8.31. The highest BCUT2D eigenvalue weighted by molar-refractivity contribution is 5.94. The summed E-state index contributed by atoms with van der Waals surface area (Å²) in [6.45, 7) is 2.19. The lowest BCUT2D eigenvalue weighted by atomic mass is 10.1. The maximum absolute atomic E-state index is 12.9. The first kappa shape index (κ1) is 17.6. The molecule has 0 unspecified atom stereocenters. The van der Waals surface area contributed by atoms with E-state index in [2.05, 4.69) is 10.3 Å². The van der Waals surface area contributed by atoms with Gasteiger partial charge in [-0.15, -0.1) is 0 Å². The molecular formula is C21H19FN2O2. The van der Waals surface area contributed by atoms with E-state index in [0.29, 0.717) is 17.9 Å². The highest BCUT2D eigenvalue weighted by atomic mass is 19.1. The van der Waals surface area contributed by atoms with Crippen LogP contribution in [0, 0.1) is 5.82 Å². The third kappa shape index (κ3) is 4.66. The van der Waals surface area contributed by atoms with Crippen molar-refractivity contribution in [3.05, 3.63) is 95.6 Å². The number of aromatic nitrogens is 1. The van der Waals surface area contributed by atoms with Crippen molar-refractivity contribution in [2.24, 2.45) is 0 Å². The molecule has 0 radical (unpaired) electrons. The van der Waals surface area contributed by atoms with Crippen molar-refractivity contribution in [3.8, 4) is 5.75 Å². The van der Waals surface area contributed by atoms with Crippen LogP contribution in [-0.2, 0) is 6.61 Å². The van der Waals surface area contributed by atoms with Crippen molar-refractivity contribution < 1.29 is 13.9 Å². The lowest BCUT2D eigenvalue weighted by Crippen LogP contribution is -2.27. The van der Waals surface area contributed by atoms with Crippen molar-refractivity contribution in [1.82, 2.24) is 10.3 Å². The number of amides is 1. The molecule has 1 heterocycles. The lowest BCUT2D eigenvalue weighted by molar-refractivity contribution is 0.0938. The summed E-state index contributed by atoms with van der Waals surface area (Å²) in [4.78, 5) is 16.7. The van der Waals surface area contributed by atoms with Gasteiger partial charge >= 0.3 is 0 Å². The Labute approximate surface area is 151 Å². The van der Waals surface area contributed by atoms with E-state index in [1.54, 1.807) is 42.6 Å². The molecule has 0 bridgehead atoms. The molecule has 1 amide bonds. The number of ether oxygens (including phenoxy) is 1. The zero-order valence-electron chi connectivity index (χ0n) is 14.4. The Morgan fingerprint density at radius 2 is 1.92 bits per heavy atom. The van der Waals surface area contributed by atoms with E-state index >= 15 is 0 Å². The fourth-order valence-electron chi connectivity index (χ4n) is 2.46. The van der Waals surface area contributed by atoms with Gasteiger partial charge in [-0.2, -0.15) is 0 Å². The van der Waals surface area contributed by atoms with Gasteiger partial charge < -0.3 is 10.1 Å². The SMILES string of the molecule is C[C@@H](NC(=O)c1cccc(OCc2ccc(F)cc2)c1)c1ccccn1. The summed E-state index contributed by atoms with van der Waals surface area (Å²) >= 11 is 0. The maximum atomic E-state index is 12.9. The van der Waals surface area contributed by atoms with Crippen LogP contribution >= 0.6 is 0 Å². The van der Waals surface area contributed by atoms with E-state index in [9.17, 15) is 9.18 Å². The van der Waals surface area contributed by atoms with Crippen molar-refractivity contribution in [3.63, 3.8) is 0 Å². The Hall–Kier alpha value is -3.21. The van der Waals surface area contributed by atoms with Crippen molar-refractivity contribution in [2.45, 2.75) is 19.6 Å². The van der Waals surface area contributed by atoms with Gasteiger partial charge in [0.05, 0.1) is 11.7 Å². The Morgan fingerprint density at radius 1 is 1.12 bits per heavy atom. The van der Waals surface area contributed by atoms with Gasteiger partial charge in [-0.3, -0.25) is 9.78 Å². The molecule has 3 rings (SSSR count). The molecule has 0 aliphatic heterocycles. The molecule has 0 saturated heterocycles. The van der Waals surface area contributed by atoms with Gasteiger partial charge in [0.2, 0.25) is 0 Å². The highest BCUT2D eigenvalue weighted by Crippen LogP contribution is 2.17. The summed E-state index contributed by atoms with van der Waals surface area (Å²) in [5, 5.41) is 2.92. The van der Waals surface area contributed by atoms with Crippen molar-refractivity contribution in [2.75, 3.05) is 0 Å². The number of nitrogens with one attached hydrogen (secondary N) is 1. The van der Waals surface area contributed by atoms with Crippen LogP contribution in [0.2, 0.25) is 0 Å². The van der Waals surface area contributed by atoms with Gasteiger partial charge in [-0.25, -0.2) is 4.39 Å². The van der Waals surface area contributed by atoms with Gasteiger partial charge in [0, 0.05) is 11.8 Å². The zero-order valence-corrected chi connectivity index (χ0v) is 14.4. The van der Waals surface area contributed by atoms with Gasteiger partial charge in [-0.05, 0) is 55.0 Å². The molecule has 2 aromatic carbocycles. The van der Waals surface area contributed by atoms with E-state index < -0.39 is 0 Å². The average Bonchev–Trinajstić information content (AvgIpc) is 2.68. The molecule has 1 N–H and O–H groups in total. The second kappa shape index (κ2) is 8.25. The monoisotopic (exact) mass is 350 g/mol. The molecule has 0 aliphatic rings. The molecule has 0 fully saturated rings. The maximum Gasteiger partial charge on any atom is 0.251 e. The highest BCUT2D eigenvalue weighted by Gasteiger charge is 2.12. The Balaban J connectivity index is 1.62. The normalized spacial score (nSPS) is 11.6. The molecule has 0 spiro atoms. The van der Waals surface area contributed by atoms with Crippen molar-refractivity contribution in [1.29, 1.82) is 0 Å². The molecule has 3 aromatic rings. The van der Waals surface area contributed by atoms with E-state index in [1.165, 1.54) is 12.1 Å². The van der Waals surface area contributed by atoms with Gasteiger partial charge in [-0.1, -0.05) is 24.3 Å². The smallest absolute Gasteiger partial charge is 0.251 e. The number of carbonyl (C=O) groups is 1. The predicted molar refractivity (Wildman–Crippen MR) is 97.3 cm³/mol. The molecule has 26 heavy (non-hydrogen) atoms. The van der Waals surface area contributed by atoms with Crippen LogP contribution in [0.25, 0.3) is 0 Å². The average molecular weight is 350 g/mol. The van der Waals surface area contributed by atoms with Crippen LogP contribution in [-0.4, -0.2) is 10.9 Å². The fraction of sp³-hybridized carbons (Fsp3) is 0.143. The van der Waals surface area contributed by atoms with Crippen LogP contribution in [0.4, 0.5) is 4.39 Å². The van der Waals surface area contributed by atoms with Crippen LogP contribution in [0.3, 0.4) is 0 Å². The summed E-state index contributed by atoms with van der Waals surface area (Å²) in [5.74, 6) is 0.0947. The Morgan fingerprint density at radius 3 is 2.65 bits per heavy atom. The fourth-order valence-corrected chi connectivity index (χ4v) is 2.46. The van der Waals surface area contributed by atoms with Crippen molar-refractivity contribution >= 4 is 5.91 Å². The quantitative estimate of drug-likeness (QED) is 0.721. The van der Waals surface area contributed by atoms with E-state index in [1.807, 2.05) is 25.1 Å². The zero-order chi connectivity index (χ0) is 18.4. The molecular weight excluding hydrogens is 331 g/mol. The molecule has 4 nitrogen and oxygen atoms in total. The number of benzene rings is 2. The number of pyridine rings is 1. The molecule has 0 aliphatic carbocycles. The first-order valence-corrected chi connectivity index (χ1v) is 8.31. The largest absolute Gasteiger partial charge is 0.489 e. The standard InChI is InChI=1S/C21H19FN2O2/c1-15(20-7-2-3-12-23-20)24-21(25)17-5-4-6-19(13-17)26-14-16-8-10-18(22)11-9-16/h2-13,15H,14H2,1H3,(H,24,25)/t15-/m1/s1. The number of hydrogen-bond acceptors (Lipinski definition) is 3. The second-order valence-corrected chi connectivity index (χ2v) is 5.89. The summed E-state index contributed by atoms with van der Waals surface area (Å²) < 4.78 is 18.6. The van der Waals surface area contributed by atoms with Gasteiger partial charge in [0.15, 0.2) is 0 Å². The minimum atomic E-state index is -0.283. The third-order valence-electron chi connectivity index (χ3n) is 3.89. The minimum absolute atomic E-state index is 0.199.